The fourth-order valence-electron chi connectivity index (χ4n) is 4.91. The number of nitrogens with zero attached hydrogens (tertiary/aromatic N) is 1. The number of carbonyl (C=O) groups excluding carboxylic acids is 1. The third-order valence-corrected chi connectivity index (χ3v) is 8.87. The Morgan fingerprint density at radius 2 is 1.49 bits per heavy atom. The number of rotatable bonds is 11. The Balaban J connectivity index is 1.12. The van der Waals surface area contributed by atoms with Gasteiger partial charge in [-0.2, -0.15) is 0 Å². The van der Waals surface area contributed by atoms with Gasteiger partial charge in [0.05, 0.1) is 23.8 Å². The van der Waals surface area contributed by atoms with E-state index < -0.39 is 15.8 Å². The molecule has 0 saturated heterocycles. The van der Waals surface area contributed by atoms with Crippen LogP contribution in [-0.2, 0) is 28.5 Å². The number of hydrogen-bond donors (Lipinski definition) is 2. The number of sulfonamides is 1. The molecule has 0 spiro atoms. The first-order valence-corrected chi connectivity index (χ1v) is 16.4. The van der Waals surface area contributed by atoms with E-state index in [0.29, 0.717) is 37.6 Å². The highest BCUT2D eigenvalue weighted by molar-refractivity contribution is 7.92. The molecule has 10 heteroatoms. The summed E-state index contributed by atoms with van der Waals surface area (Å²) < 4.78 is 54.8. The molecule has 1 aliphatic rings. The van der Waals surface area contributed by atoms with Crippen molar-refractivity contribution >= 4 is 27.4 Å². The maximum absolute atomic E-state index is 14.9. The summed E-state index contributed by atoms with van der Waals surface area (Å²) in [4.78, 5) is 14.5. The lowest BCUT2D eigenvalue weighted by Crippen LogP contribution is -2.30. The summed E-state index contributed by atoms with van der Waals surface area (Å²) in [6, 6.07) is 25.7. The molecule has 0 bridgehead atoms. The fraction of sp³-hybridized carbons (Fsp3) is 0.286. The van der Waals surface area contributed by atoms with Crippen LogP contribution in [0.4, 0.5) is 20.6 Å². The summed E-state index contributed by atoms with van der Waals surface area (Å²) in [6.07, 6.45) is 1.48. The highest BCUT2D eigenvalue weighted by Crippen LogP contribution is 2.29. The van der Waals surface area contributed by atoms with E-state index in [1.165, 1.54) is 24.3 Å². The smallest absolute Gasteiger partial charge is 0.322 e. The average molecular weight is 632 g/mol. The van der Waals surface area contributed by atoms with E-state index in [0.717, 1.165) is 34.9 Å². The van der Waals surface area contributed by atoms with Gasteiger partial charge < -0.3 is 19.7 Å². The van der Waals surface area contributed by atoms with Crippen LogP contribution < -0.4 is 19.5 Å². The standard InChI is InChI=1S/C35H38FN3O5S/c1-35(2,3)27-12-14-28(15-13-27)37-34(40)39-23-25-11-17-31(21-26(25)24-39)45(41,42)38-33-18-16-30(22-32(33)36)44-20-8-7-19-43-29-9-5-4-6-10-29/h4-6,9-18,21-22,38H,7-8,19-20,23-24H2,1-3H3,(H,37,40). The minimum Gasteiger partial charge on any atom is -0.494 e. The summed E-state index contributed by atoms with van der Waals surface area (Å²) >= 11 is 0. The van der Waals surface area contributed by atoms with Gasteiger partial charge in [0.25, 0.3) is 10.0 Å². The molecule has 0 unspecified atom stereocenters. The van der Waals surface area contributed by atoms with E-state index >= 15 is 0 Å². The predicted octanol–water partition coefficient (Wildman–Crippen LogP) is 7.71. The molecular formula is C35H38FN3O5S. The summed E-state index contributed by atoms with van der Waals surface area (Å²) in [5.74, 6) is 0.366. The SMILES string of the molecule is CC(C)(C)c1ccc(NC(=O)N2Cc3ccc(S(=O)(=O)Nc4ccc(OCCCCOc5ccccc5)cc4F)cc3C2)cc1. The molecule has 8 nitrogen and oxygen atoms in total. The van der Waals surface area contributed by atoms with Crippen LogP contribution in [-0.4, -0.2) is 32.6 Å². The monoisotopic (exact) mass is 631 g/mol. The summed E-state index contributed by atoms with van der Waals surface area (Å²) in [5.41, 5.74) is 3.24. The Labute approximate surface area is 264 Å². The maximum atomic E-state index is 14.9. The van der Waals surface area contributed by atoms with Crippen LogP contribution in [0.5, 0.6) is 11.5 Å². The Morgan fingerprint density at radius 3 is 2.16 bits per heavy atom. The van der Waals surface area contributed by atoms with Crippen LogP contribution in [0.25, 0.3) is 0 Å². The van der Waals surface area contributed by atoms with Crippen LogP contribution in [0.3, 0.4) is 0 Å². The molecule has 0 atom stereocenters. The molecule has 0 radical (unpaired) electrons. The van der Waals surface area contributed by atoms with Crippen molar-refractivity contribution in [2.24, 2.45) is 0 Å². The summed E-state index contributed by atoms with van der Waals surface area (Å²) in [6.45, 7) is 7.90. The van der Waals surface area contributed by atoms with Gasteiger partial charge in [0, 0.05) is 24.8 Å². The zero-order valence-electron chi connectivity index (χ0n) is 25.7. The second kappa shape index (κ2) is 13.6. The molecule has 1 heterocycles. The second-order valence-electron chi connectivity index (χ2n) is 12.0. The van der Waals surface area contributed by atoms with Crippen LogP contribution in [0.1, 0.15) is 50.3 Å². The quantitative estimate of drug-likeness (QED) is 0.165. The lowest BCUT2D eigenvalue weighted by atomic mass is 9.87. The Kier molecular flexibility index (Phi) is 9.63. The zero-order valence-corrected chi connectivity index (χ0v) is 26.5. The van der Waals surface area contributed by atoms with Crippen molar-refractivity contribution in [3.05, 3.63) is 114 Å². The van der Waals surface area contributed by atoms with E-state index in [4.69, 9.17) is 9.47 Å². The Bertz CT molecular complexity index is 1740. The number of fused-ring (bicyclic) bond motifs is 1. The number of halogens is 1. The summed E-state index contributed by atoms with van der Waals surface area (Å²) in [7, 11) is -4.09. The highest BCUT2D eigenvalue weighted by atomic mass is 32.2. The third-order valence-electron chi connectivity index (χ3n) is 7.50. The van der Waals surface area contributed by atoms with Crippen molar-refractivity contribution in [3.63, 3.8) is 0 Å². The number of urea groups is 1. The van der Waals surface area contributed by atoms with E-state index in [9.17, 15) is 17.6 Å². The molecule has 0 fully saturated rings. The van der Waals surface area contributed by atoms with Gasteiger partial charge in [-0.15, -0.1) is 0 Å². The first-order valence-electron chi connectivity index (χ1n) is 14.9. The van der Waals surface area contributed by atoms with Crippen molar-refractivity contribution in [2.45, 2.75) is 57.0 Å². The number of ether oxygens (including phenoxy) is 2. The molecule has 2 N–H and O–H groups in total. The second-order valence-corrected chi connectivity index (χ2v) is 13.7. The molecule has 4 aromatic rings. The van der Waals surface area contributed by atoms with Gasteiger partial charge in [-0.25, -0.2) is 17.6 Å². The number of amides is 2. The number of hydrogen-bond acceptors (Lipinski definition) is 5. The molecule has 236 valence electrons. The normalized spacial score (nSPS) is 12.8. The number of para-hydroxylation sites is 1. The minimum atomic E-state index is -4.09. The van der Waals surface area contributed by atoms with E-state index in [-0.39, 0.29) is 28.6 Å². The molecular weight excluding hydrogens is 593 g/mol. The third kappa shape index (κ3) is 8.33. The van der Waals surface area contributed by atoms with Gasteiger partial charge in [0.1, 0.15) is 11.5 Å². The Morgan fingerprint density at radius 1 is 0.822 bits per heavy atom. The van der Waals surface area contributed by atoms with Crippen LogP contribution in [0.15, 0.2) is 95.9 Å². The Hall–Kier alpha value is -4.57. The molecule has 1 aliphatic heterocycles. The molecule has 2 amide bonds. The number of anilines is 2. The highest BCUT2D eigenvalue weighted by Gasteiger charge is 2.26. The molecule has 4 aromatic carbocycles. The van der Waals surface area contributed by atoms with Crippen molar-refractivity contribution in [3.8, 4) is 11.5 Å². The van der Waals surface area contributed by atoms with Gasteiger partial charge in [0.15, 0.2) is 5.82 Å². The van der Waals surface area contributed by atoms with Crippen LogP contribution in [0, 0.1) is 5.82 Å². The van der Waals surface area contributed by atoms with Crippen LogP contribution in [0.2, 0.25) is 0 Å². The molecule has 45 heavy (non-hydrogen) atoms. The fourth-order valence-corrected chi connectivity index (χ4v) is 6.03. The van der Waals surface area contributed by atoms with Crippen LogP contribution >= 0.6 is 0 Å². The molecule has 0 saturated carbocycles. The van der Waals surface area contributed by atoms with Gasteiger partial charge in [-0.3, -0.25) is 4.72 Å². The number of benzene rings is 4. The van der Waals surface area contributed by atoms with Crippen molar-refractivity contribution in [1.82, 2.24) is 4.90 Å². The van der Waals surface area contributed by atoms with Crippen molar-refractivity contribution < 1.29 is 27.1 Å². The largest absolute Gasteiger partial charge is 0.494 e. The number of unbranched alkanes of at least 4 members (excludes halogenated alkanes) is 1. The molecule has 5 rings (SSSR count). The van der Waals surface area contributed by atoms with Crippen molar-refractivity contribution in [2.75, 3.05) is 23.3 Å². The topological polar surface area (TPSA) is 97.0 Å². The first kappa shape index (κ1) is 31.8. The lowest BCUT2D eigenvalue weighted by Gasteiger charge is -2.20. The van der Waals surface area contributed by atoms with Gasteiger partial charge in [-0.05, 0) is 83.5 Å². The van der Waals surface area contributed by atoms with Gasteiger partial charge in [0.2, 0.25) is 0 Å². The lowest BCUT2D eigenvalue weighted by molar-refractivity contribution is 0.212. The molecule has 0 aromatic heterocycles. The van der Waals surface area contributed by atoms with Gasteiger partial charge >= 0.3 is 6.03 Å². The number of nitrogens with one attached hydrogen (secondary N) is 2. The van der Waals surface area contributed by atoms with E-state index in [1.54, 1.807) is 11.0 Å². The summed E-state index contributed by atoms with van der Waals surface area (Å²) in [5, 5.41) is 2.91. The first-order chi connectivity index (χ1) is 21.5. The number of carbonyl (C=O) groups is 1. The predicted molar refractivity (Wildman–Crippen MR) is 174 cm³/mol. The zero-order chi connectivity index (χ0) is 32.0. The van der Waals surface area contributed by atoms with E-state index in [2.05, 4.69) is 30.8 Å². The molecule has 0 aliphatic carbocycles. The van der Waals surface area contributed by atoms with Crippen molar-refractivity contribution in [1.29, 1.82) is 0 Å². The minimum absolute atomic E-state index is 0.00892. The maximum Gasteiger partial charge on any atom is 0.322 e. The van der Waals surface area contributed by atoms with E-state index in [1.807, 2.05) is 54.6 Å². The van der Waals surface area contributed by atoms with Gasteiger partial charge in [-0.1, -0.05) is 57.2 Å². The average Bonchev–Trinajstić information content (AvgIpc) is 3.45.